The number of hydrogen-bond donors (Lipinski definition) is 6. The first-order valence-electron chi connectivity index (χ1n) is 26.7. The van der Waals surface area contributed by atoms with Crippen LogP contribution in [0, 0.1) is 0 Å². The third-order valence-electron chi connectivity index (χ3n) is 12.7. The van der Waals surface area contributed by atoms with E-state index in [2.05, 4.69) is 43.5 Å². The van der Waals surface area contributed by atoms with Gasteiger partial charge in [0.2, 0.25) is 5.91 Å². The molecule has 1 rings (SSSR count). The zero-order valence-electron chi connectivity index (χ0n) is 40.8. The van der Waals surface area contributed by atoms with Crippen molar-refractivity contribution >= 4 is 5.91 Å². The van der Waals surface area contributed by atoms with Gasteiger partial charge in [-0.1, -0.05) is 230 Å². The predicted molar refractivity (Wildman–Crippen MR) is 263 cm³/mol. The Morgan fingerprint density at radius 1 is 0.524 bits per heavy atom. The molecule has 1 aliphatic rings. The molecule has 1 aliphatic heterocycles. The third kappa shape index (κ3) is 34.4. The van der Waals surface area contributed by atoms with Gasteiger partial charge >= 0.3 is 0 Å². The van der Waals surface area contributed by atoms with E-state index in [1.54, 1.807) is 6.08 Å². The minimum Gasteiger partial charge on any atom is -0.394 e. The van der Waals surface area contributed by atoms with Gasteiger partial charge in [-0.2, -0.15) is 0 Å². The lowest BCUT2D eigenvalue weighted by molar-refractivity contribution is -0.302. The first-order valence-corrected chi connectivity index (χ1v) is 26.7. The second-order valence-electron chi connectivity index (χ2n) is 18.7. The van der Waals surface area contributed by atoms with E-state index in [4.69, 9.17) is 9.47 Å². The summed E-state index contributed by atoms with van der Waals surface area (Å²) in [4.78, 5) is 13.0. The molecule has 0 spiro atoms. The van der Waals surface area contributed by atoms with Crippen LogP contribution in [-0.4, -0.2) is 87.5 Å². The Morgan fingerprint density at radius 2 is 0.905 bits per heavy atom. The van der Waals surface area contributed by atoms with Crippen LogP contribution in [-0.2, 0) is 14.3 Å². The topological polar surface area (TPSA) is 149 Å². The van der Waals surface area contributed by atoms with Crippen molar-refractivity contribution < 1.29 is 39.8 Å². The number of rotatable bonds is 45. The molecule has 0 aromatic heterocycles. The number of hydrogen-bond acceptors (Lipinski definition) is 8. The molecule has 1 amide bonds. The number of nitrogens with one attached hydrogen (secondary N) is 1. The number of ether oxygens (including phenoxy) is 2. The van der Waals surface area contributed by atoms with Crippen molar-refractivity contribution in [2.24, 2.45) is 0 Å². The summed E-state index contributed by atoms with van der Waals surface area (Å²) in [6.45, 7) is 3.76. The Hall–Kier alpha value is -1.59. The monoisotopic (exact) mass is 892 g/mol. The summed E-state index contributed by atoms with van der Waals surface area (Å²) in [5, 5.41) is 54.3. The minimum atomic E-state index is -1.57. The van der Waals surface area contributed by atoms with E-state index >= 15 is 0 Å². The molecule has 0 bridgehead atoms. The molecule has 1 fully saturated rings. The standard InChI is InChI=1S/C54H101NO8/c1-3-5-7-9-11-13-15-17-19-21-22-23-24-25-26-27-28-30-32-34-36-38-40-42-44-50(58)55-47(46-62-54-53(61)52(60)51(59)49(45-56)63-54)48(57)43-41-39-37-35-33-31-29-20-18-16-14-12-10-8-6-4-2/h18,20,33,35,41,43,47-49,51-54,56-57,59-61H,3-17,19,21-32,34,36-40,42,44-46H2,1-2H3,(H,55,58)/b20-18+,35-33+,43-41+. The number of unbranched alkanes of at least 4 members (excludes halogenated alkanes) is 31. The normalized spacial score (nSPS) is 20.4. The number of allylic oxidation sites excluding steroid dienone is 5. The Balaban J connectivity index is 2.26. The molecule has 9 heteroatoms. The Labute approximate surface area is 387 Å². The highest BCUT2D eigenvalue weighted by Crippen LogP contribution is 2.23. The number of aliphatic hydroxyl groups excluding tert-OH is 5. The van der Waals surface area contributed by atoms with Gasteiger partial charge in [-0.05, 0) is 44.9 Å². The van der Waals surface area contributed by atoms with Crippen LogP contribution in [0.25, 0.3) is 0 Å². The summed E-state index contributed by atoms with van der Waals surface area (Å²) in [5.41, 5.74) is 0. The van der Waals surface area contributed by atoms with Crippen molar-refractivity contribution in [1.82, 2.24) is 5.32 Å². The molecular weight excluding hydrogens is 791 g/mol. The molecule has 0 aliphatic carbocycles. The van der Waals surface area contributed by atoms with Crippen LogP contribution in [0.1, 0.15) is 245 Å². The van der Waals surface area contributed by atoms with Gasteiger partial charge in [0.05, 0.1) is 25.4 Å². The molecule has 7 unspecified atom stereocenters. The number of carbonyl (C=O) groups excluding carboxylic acids is 1. The first kappa shape index (κ1) is 59.4. The summed E-state index contributed by atoms with van der Waals surface area (Å²) >= 11 is 0. The maximum absolute atomic E-state index is 13.0. The van der Waals surface area contributed by atoms with Crippen molar-refractivity contribution in [3.05, 3.63) is 36.5 Å². The Morgan fingerprint density at radius 3 is 1.33 bits per heavy atom. The molecule has 0 aromatic rings. The lowest BCUT2D eigenvalue weighted by Gasteiger charge is -2.40. The molecule has 63 heavy (non-hydrogen) atoms. The van der Waals surface area contributed by atoms with E-state index < -0.39 is 49.5 Å². The molecule has 0 radical (unpaired) electrons. The van der Waals surface area contributed by atoms with Crippen molar-refractivity contribution in [2.75, 3.05) is 13.2 Å². The zero-order chi connectivity index (χ0) is 45.9. The fourth-order valence-electron chi connectivity index (χ4n) is 8.42. The predicted octanol–water partition coefficient (Wildman–Crippen LogP) is 12.4. The van der Waals surface area contributed by atoms with E-state index in [0.29, 0.717) is 6.42 Å². The van der Waals surface area contributed by atoms with Crippen LogP contribution in [0.5, 0.6) is 0 Å². The highest BCUT2D eigenvalue weighted by molar-refractivity contribution is 5.76. The third-order valence-corrected chi connectivity index (χ3v) is 12.7. The fourth-order valence-corrected chi connectivity index (χ4v) is 8.42. The van der Waals surface area contributed by atoms with E-state index in [9.17, 15) is 30.3 Å². The van der Waals surface area contributed by atoms with Crippen LogP contribution in [0.2, 0.25) is 0 Å². The van der Waals surface area contributed by atoms with Gasteiger partial charge in [0, 0.05) is 6.42 Å². The van der Waals surface area contributed by atoms with Gasteiger partial charge in [-0.25, -0.2) is 0 Å². The molecule has 0 saturated carbocycles. The van der Waals surface area contributed by atoms with Crippen LogP contribution >= 0.6 is 0 Å². The van der Waals surface area contributed by atoms with E-state index in [1.165, 1.54) is 173 Å². The Kier molecular flexibility index (Phi) is 41.7. The largest absolute Gasteiger partial charge is 0.394 e. The van der Waals surface area contributed by atoms with Gasteiger partial charge in [-0.3, -0.25) is 4.79 Å². The lowest BCUT2D eigenvalue weighted by atomic mass is 9.99. The molecule has 1 heterocycles. The van der Waals surface area contributed by atoms with Crippen molar-refractivity contribution in [3.8, 4) is 0 Å². The maximum Gasteiger partial charge on any atom is 0.220 e. The van der Waals surface area contributed by atoms with Crippen LogP contribution in [0.4, 0.5) is 0 Å². The molecule has 370 valence electrons. The van der Waals surface area contributed by atoms with E-state index in [1.807, 2.05) is 6.08 Å². The average molecular weight is 892 g/mol. The summed E-state index contributed by atoms with van der Waals surface area (Å²) in [5.74, 6) is -0.187. The number of aliphatic hydroxyl groups is 5. The van der Waals surface area contributed by atoms with Crippen LogP contribution in [0.15, 0.2) is 36.5 Å². The first-order chi connectivity index (χ1) is 30.8. The number of amides is 1. The Bertz CT molecular complexity index is 1080. The number of carbonyl (C=O) groups is 1. The molecule has 1 saturated heterocycles. The smallest absolute Gasteiger partial charge is 0.220 e. The zero-order valence-corrected chi connectivity index (χ0v) is 40.8. The van der Waals surface area contributed by atoms with Crippen LogP contribution < -0.4 is 5.32 Å². The van der Waals surface area contributed by atoms with Crippen molar-refractivity contribution in [3.63, 3.8) is 0 Å². The molecule has 7 atom stereocenters. The maximum atomic E-state index is 13.0. The molecular formula is C54H101NO8. The molecule has 0 aromatic carbocycles. The quantitative estimate of drug-likeness (QED) is 0.0261. The van der Waals surface area contributed by atoms with Crippen molar-refractivity contribution in [2.45, 2.75) is 288 Å². The second-order valence-corrected chi connectivity index (χ2v) is 18.7. The fraction of sp³-hybridized carbons (Fsp3) is 0.870. The summed E-state index contributed by atoms with van der Waals surface area (Å²) in [6.07, 6.45) is 49.2. The van der Waals surface area contributed by atoms with Gasteiger partial charge in [0.25, 0.3) is 0 Å². The summed E-state index contributed by atoms with van der Waals surface area (Å²) in [6, 6.07) is -0.825. The van der Waals surface area contributed by atoms with Gasteiger partial charge in [0.15, 0.2) is 6.29 Å². The molecule has 9 nitrogen and oxygen atoms in total. The summed E-state index contributed by atoms with van der Waals surface area (Å²) in [7, 11) is 0. The van der Waals surface area contributed by atoms with Crippen LogP contribution in [0.3, 0.4) is 0 Å². The lowest BCUT2D eigenvalue weighted by Crippen LogP contribution is -2.60. The highest BCUT2D eigenvalue weighted by atomic mass is 16.7. The van der Waals surface area contributed by atoms with Gasteiger partial charge < -0.3 is 40.3 Å². The van der Waals surface area contributed by atoms with Gasteiger partial charge in [-0.15, -0.1) is 0 Å². The second kappa shape index (κ2) is 44.3. The van der Waals surface area contributed by atoms with Gasteiger partial charge in [0.1, 0.15) is 24.4 Å². The molecule has 6 N–H and O–H groups in total. The highest BCUT2D eigenvalue weighted by Gasteiger charge is 2.44. The SMILES string of the molecule is CCCCCCCC/C=C/CC/C=C/CC/C=C/C(O)C(COC1OC(CO)C(O)C(O)C1O)NC(=O)CCCCCCCCCCCCCCCCCCCCCCCCCC. The average Bonchev–Trinajstić information content (AvgIpc) is 3.28. The van der Waals surface area contributed by atoms with Crippen molar-refractivity contribution in [1.29, 1.82) is 0 Å². The minimum absolute atomic E-state index is 0.187. The summed E-state index contributed by atoms with van der Waals surface area (Å²) < 4.78 is 11.2. The van der Waals surface area contributed by atoms with E-state index in [0.717, 1.165) is 51.4 Å². The van der Waals surface area contributed by atoms with E-state index in [-0.39, 0.29) is 12.5 Å².